The molecule has 0 spiro atoms. The number of benzene rings is 1. The van der Waals surface area contributed by atoms with E-state index < -0.39 is 6.43 Å². The Labute approximate surface area is 200 Å². The Bertz CT molecular complexity index is 1110. The molecule has 2 aromatic heterocycles. The summed E-state index contributed by atoms with van der Waals surface area (Å²) >= 11 is 1.25. The minimum Gasteiger partial charge on any atom is -0.378 e. The molecule has 0 N–H and O–H groups in total. The third-order valence-corrected chi connectivity index (χ3v) is 7.35. The largest absolute Gasteiger partial charge is 0.378 e. The van der Waals surface area contributed by atoms with Crippen molar-refractivity contribution in [2.45, 2.75) is 32.3 Å². The zero-order valence-electron chi connectivity index (χ0n) is 19.1. The van der Waals surface area contributed by atoms with Crippen molar-refractivity contribution in [1.29, 1.82) is 0 Å². The molecule has 0 bridgehead atoms. The van der Waals surface area contributed by atoms with Crippen LogP contribution < -0.4 is 9.80 Å². The van der Waals surface area contributed by atoms with Crippen LogP contribution in [0.4, 0.5) is 20.3 Å². The number of alkyl halides is 2. The van der Waals surface area contributed by atoms with Crippen molar-refractivity contribution in [3.63, 3.8) is 0 Å². The van der Waals surface area contributed by atoms with Gasteiger partial charge in [0.25, 0.3) is 6.43 Å². The molecule has 3 aromatic rings. The van der Waals surface area contributed by atoms with Crippen molar-refractivity contribution in [3.05, 3.63) is 34.3 Å². The van der Waals surface area contributed by atoms with Crippen LogP contribution in [0.15, 0.2) is 23.6 Å². The SMILES string of the molecule is CCOC(c1nc(C(F)F)cs1)C1CCCN(c2nnnc3cc(N4CCOCC4)ccc23)C1. The molecular formula is C23H28F2N6O2S. The highest BCUT2D eigenvalue weighted by Gasteiger charge is 2.32. The molecule has 8 nitrogen and oxygen atoms in total. The number of morpholine rings is 1. The molecule has 0 aliphatic carbocycles. The van der Waals surface area contributed by atoms with Crippen molar-refractivity contribution in [2.24, 2.45) is 5.92 Å². The summed E-state index contributed by atoms with van der Waals surface area (Å²) < 4.78 is 37.7. The normalized spacial score (nSPS) is 20.3. The Morgan fingerprint density at radius 2 is 2.03 bits per heavy atom. The molecule has 2 saturated heterocycles. The minimum atomic E-state index is -2.57. The summed E-state index contributed by atoms with van der Waals surface area (Å²) in [6.45, 7) is 7.10. The Morgan fingerprint density at radius 3 is 2.79 bits per heavy atom. The van der Waals surface area contributed by atoms with Crippen LogP contribution in [0, 0.1) is 5.92 Å². The van der Waals surface area contributed by atoms with Crippen LogP contribution in [-0.2, 0) is 9.47 Å². The van der Waals surface area contributed by atoms with Crippen molar-refractivity contribution in [1.82, 2.24) is 20.4 Å². The van der Waals surface area contributed by atoms with Gasteiger partial charge < -0.3 is 19.3 Å². The number of halogens is 2. The van der Waals surface area contributed by atoms with Gasteiger partial charge in [0.05, 0.1) is 13.2 Å². The van der Waals surface area contributed by atoms with E-state index in [1.54, 1.807) is 0 Å². The van der Waals surface area contributed by atoms with Crippen LogP contribution in [0.2, 0.25) is 0 Å². The molecule has 1 aromatic carbocycles. The standard InChI is InChI=1S/C23H28F2N6O2S/c1-2-33-20(23-26-19(14-34-23)21(24)25)15-4-3-7-31(13-15)22-17-6-5-16(12-18(17)27-29-28-22)30-8-10-32-11-9-30/h5-6,12,14-15,20-21H,2-4,7-11,13H2,1H3. The fraction of sp³-hybridized carbons (Fsp3) is 0.565. The van der Waals surface area contributed by atoms with E-state index in [2.05, 4.69) is 48.4 Å². The predicted octanol–water partition coefficient (Wildman–Crippen LogP) is 4.25. The van der Waals surface area contributed by atoms with Crippen LogP contribution in [-0.4, -0.2) is 66.4 Å². The second-order valence-electron chi connectivity index (χ2n) is 8.55. The van der Waals surface area contributed by atoms with Crippen LogP contribution in [0.1, 0.15) is 43.0 Å². The first kappa shape index (κ1) is 23.3. The average Bonchev–Trinajstić information content (AvgIpc) is 3.37. The molecular weight excluding hydrogens is 462 g/mol. The Hall–Kier alpha value is -2.50. The summed E-state index contributed by atoms with van der Waals surface area (Å²) in [7, 11) is 0. The maximum Gasteiger partial charge on any atom is 0.281 e. The molecule has 5 rings (SSSR count). The molecule has 11 heteroatoms. The number of hydrogen-bond acceptors (Lipinski definition) is 9. The van der Waals surface area contributed by atoms with Crippen LogP contribution >= 0.6 is 11.3 Å². The van der Waals surface area contributed by atoms with Crippen LogP contribution in [0.5, 0.6) is 0 Å². The average molecular weight is 491 g/mol. The van der Waals surface area contributed by atoms with Gasteiger partial charge in [0, 0.05) is 55.2 Å². The third kappa shape index (κ3) is 4.82. The summed E-state index contributed by atoms with van der Waals surface area (Å²) in [5, 5.41) is 15.7. The number of ether oxygens (including phenoxy) is 2. The molecule has 182 valence electrons. The first-order valence-electron chi connectivity index (χ1n) is 11.7. The van der Waals surface area contributed by atoms with Gasteiger partial charge in [-0.1, -0.05) is 0 Å². The molecule has 34 heavy (non-hydrogen) atoms. The lowest BCUT2D eigenvalue weighted by Gasteiger charge is -2.37. The zero-order valence-corrected chi connectivity index (χ0v) is 19.9. The molecule has 4 heterocycles. The van der Waals surface area contributed by atoms with Gasteiger partial charge in [-0.15, -0.1) is 21.5 Å². The predicted molar refractivity (Wildman–Crippen MR) is 127 cm³/mol. The lowest BCUT2D eigenvalue weighted by Crippen LogP contribution is -2.39. The van der Waals surface area contributed by atoms with Crippen molar-refractivity contribution >= 4 is 33.7 Å². The molecule has 2 fully saturated rings. The van der Waals surface area contributed by atoms with E-state index in [0.29, 0.717) is 18.2 Å². The number of rotatable bonds is 7. The van der Waals surface area contributed by atoms with Gasteiger partial charge in [-0.05, 0) is 43.2 Å². The topological polar surface area (TPSA) is 76.5 Å². The summed E-state index contributed by atoms with van der Waals surface area (Å²) in [6, 6.07) is 6.23. The number of nitrogens with zero attached hydrogens (tertiary/aromatic N) is 6. The highest BCUT2D eigenvalue weighted by Crippen LogP contribution is 2.38. The van der Waals surface area contributed by atoms with E-state index in [1.807, 2.05) is 6.92 Å². The van der Waals surface area contributed by atoms with Gasteiger partial charge in [-0.2, -0.15) is 0 Å². The molecule has 0 amide bonds. The summed E-state index contributed by atoms with van der Waals surface area (Å²) in [5.74, 6) is 0.911. The molecule has 2 unspecified atom stereocenters. The van der Waals surface area contributed by atoms with E-state index in [1.165, 1.54) is 16.7 Å². The van der Waals surface area contributed by atoms with Crippen LogP contribution in [0.25, 0.3) is 10.9 Å². The number of anilines is 2. The maximum atomic E-state index is 13.1. The van der Waals surface area contributed by atoms with Crippen molar-refractivity contribution in [2.75, 3.05) is 55.8 Å². The maximum absolute atomic E-state index is 13.1. The molecule has 2 atom stereocenters. The number of fused-ring (bicyclic) bond motifs is 1. The Kier molecular flexibility index (Phi) is 7.12. The molecule has 0 saturated carbocycles. The second kappa shape index (κ2) is 10.4. The highest BCUT2D eigenvalue weighted by molar-refractivity contribution is 7.09. The molecule has 2 aliphatic rings. The zero-order chi connectivity index (χ0) is 23.5. The minimum absolute atomic E-state index is 0.114. The number of hydrogen-bond donors (Lipinski definition) is 0. The van der Waals surface area contributed by atoms with Crippen molar-refractivity contribution in [3.8, 4) is 0 Å². The lowest BCUT2D eigenvalue weighted by molar-refractivity contribution is 0.0128. The number of thiazole rings is 1. The number of piperidine rings is 1. The third-order valence-electron chi connectivity index (χ3n) is 6.43. The monoisotopic (exact) mass is 490 g/mol. The quantitative estimate of drug-likeness (QED) is 0.487. The van der Waals surface area contributed by atoms with E-state index in [0.717, 1.165) is 68.1 Å². The van der Waals surface area contributed by atoms with Gasteiger partial charge in [0.2, 0.25) is 0 Å². The fourth-order valence-corrected chi connectivity index (χ4v) is 5.73. The number of aromatic nitrogens is 4. The van der Waals surface area contributed by atoms with Crippen LogP contribution in [0.3, 0.4) is 0 Å². The lowest BCUT2D eigenvalue weighted by atomic mass is 9.92. The Morgan fingerprint density at radius 1 is 1.18 bits per heavy atom. The van der Waals surface area contributed by atoms with Crippen molar-refractivity contribution < 1.29 is 18.3 Å². The summed E-state index contributed by atoms with van der Waals surface area (Å²) in [4.78, 5) is 8.68. The Balaban J connectivity index is 1.39. The highest BCUT2D eigenvalue weighted by atomic mass is 32.1. The second-order valence-corrected chi connectivity index (χ2v) is 9.44. The van der Waals surface area contributed by atoms with Gasteiger partial charge in [-0.25, -0.2) is 13.8 Å². The fourth-order valence-electron chi connectivity index (χ4n) is 4.78. The van der Waals surface area contributed by atoms with E-state index >= 15 is 0 Å². The van der Waals surface area contributed by atoms with E-state index in [4.69, 9.17) is 9.47 Å². The summed E-state index contributed by atoms with van der Waals surface area (Å²) in [5.41, 5.74) is 1.73. The van der Waals surface area contributed by atoms with Gasteiger partial charge >= 0.3 is 0 Å². The van der Waals surface area contributed by atoms with E-state index in [9.17, 15) is 8.78 Å². The molecule has 2 aliphatic heterocycles. The molecule has 0 radical (unpaired) electrons. The first-order valence-corrected chi connectivity index (χ1v) is 12.6. The van der Waals surface area contributed by atoms with E-state index in [-0.39, 0.29) is 17.7 Å². The first-order chi connectivity index (χ1) is 16.6. The van der Waals surface area contributed by atoms with Gasteiger partial charge in [-0.3, -0.25) is 0 Å². The summed E-state index contributed by atoms with van der Waals surface area (Å²) in [6.07, 6.45) is -1.02. The van der Waals surface area contributed by atoms with Gasteiger partial charge in [0.15, 0.2) is 5.82 Å². The smallest absolute Gasteiger partial charge is 0.281 e. The van der Waals surface area contributed by atoms with Gasteiger partial charge in [0.1, 0.15) is 22.3 Å².